The summed E-state index contributed by atoms with van der Waals surface area (Å²) < 4.78 is 5.75. The van der Waals surface area contributed by atoms with E-state index in [-0.39, 0.29) is 5.97 Å². The van der Waals surface area contributed by atoms with Crippen LogP contribution in [0.2, 0.25) is 0 Å². The average Bonchev–Trinajstić information content (AvgIpc) is 2.18. The van der Waals surface area contributed by atoms with Crippen molar-refractivity contribution in [2.75, 3.05) is 7.11 Å². The summed E-state index contributed by atoms with van der Waals surface area (Å²) in [7, 11) is 1.40. The summed E-state index contributed by atoms with van der Waals surface area (Å²) >= 11 is 2.97. The molecule has 0 spiro atoms. The molecule has 0 bridgehead atoms. The maximum atomic E-state index is 11.2. The molecule has 0 saturated carbocycles. The van der Waals surface area contributed by atoms with Gasteiger partial charge in [0.2, 0.25) is 0 Å². The van der Waals surface area contributed by atoms with E-state index in [1.165, 1.54) is 12.7 Å². The fourth-order valence-corrected chi connectivity index (χ4v) is 4.77. The van der Waals surface area contributed by atoms with Crippen molar-refractivity contribution in [1.29, 1.82) is 0 Å². The topological polar surface area (TPSA) is 26.3 Å². The van der Waals surface area contributed by atoms with Gasteiger partial charge in [0.25, 0.3) is 0 Å². The van der Waals surface area contributed by atoms with Crippen LogP contribution < -0.4 is 0 Å². The van der Waals surface area contributed by atoms with Crippen molar-refractivity contribution in [2.24, 2.45) is 0 Å². The molecule has 0 heterocycles. The molecule has 0 saturated heterocycles. The molecule has 0 aromatic heterocycles. The molecule has 0 amide bonds. The van der Waals surface area contributed by atoms with Crippen LogP contribution in [0.1, 0.15) is 15.9 Å². The van der Waals surface area contributed by atoms with Crippen molar-refractivity contribution in [3.8, 4) is 0 Å². The fourth-order valence-electron chi connectivity index (χ4n) is 1.03. The zero-order valence-electron chi connectivity index (χ0n) is 7.29. The fraction of sp³-hybridized carbons (Fsp3) is 0.222. The van der Waals surface area contributed by atoms with Crippen molar-refractivity contribution < 1.29 is 9.53 Å². The second-order valence-electron chi connectivity index (χ2n) is 2.55. The van der Waals surface area contributed by atoms with Crippen molar-refractivity contribution >= 4 is 38.8 Å². The van der Waals surface area contributed by atoms with E-state index < -0.39 is 20.6 Å². The van der Waals surface area contributed by atoms with Gasteiger partial charge < -0.3 is 0 Å². The van der Waals surface area contributed by atoms with Crippen LogP contribution in [0, 0.1) is 0 Å². The third-order valence-electron chi connectivity index (χ3n) is 1.66. The Morgan fingerprint density at radius 1 is 1.62 bits per heavy atom. The van der Waals surface area contributed by atoms with Gasteiger partial charge in [-0.15, -0.1) is 0 Å². The number of rotatable bonds is 3. The van der Waals surface area contributed by atoms with Crippen LogP contribution >= 0.6 is 12.3 Å². The van der Waals surface area contributed by atoms with Gasteiger partial charge >= 0.3 is 95.1 Å². The maximum absolute atomic E-state index is 11.2. The molecule has 1 aromatic rings. The van der Waals surface area contributed by atoms with Gasteiger partial charge in [0.15, 0.2) is 0 Å². The number of halogens is 1. The van der Waals surface area contributed by atoms with Crippen molar-refractivity contribution in [3.05, 3.63) is 35.4 Å². The van der Waals surface area contributed by atoms with E-state index in [1.807, 2.05) is 18.2 Å². The first-order chi connectivity index (χ1) is 6.27. The molecule has 1 radical (unpaired) electrons. The molecule has 1 rings (SSSR count). The summed E-state index contributed by atoms with van der Waals surface area (Å²) in [6.07, 6.45) is 0. The van der Waals surface area contributed by atoms with E-state index >= 15 is 0 Å². The molecule has 67 valence electrons. The summed E-state index contributed by atoms with van der Waals surface area (Å²) in [4.78, 5) is 11.2. The van der Waals surface area contributed by atoms with E-state index in [4.69, 9.17) is 0 Å². The third kappa shape index (κ3) is 3.35. The Bertz CT molecular complexity index is 301. The molecule has 2 nitrogen and oxygen atoms in total. The molecule has 4 heteroatoms. The third-order valence-corrected chi connectivity index (χ3v) is 5.62. The van der Waals surface area contributed by atoms with Gasteiger partial charge in [-0.05, 0) is 0 Å². The van der Waals surface area contributed by atoms with Crippen molar-refractivity contribution in [2.45, 2.75) is 4.18 Å². The first kappa shape index (κ1) is 11.1. The Labute approximate surface area is 94.5 Å². The zero-order chi connectivity index (χ0) is 9.68. The van der Waals surface area contributed by atoms with E-state index in [1.54, 1.807) is 6.07 Å². The number of hydrogen-bond donors (Lipinski definition) is 0. The van der Waals surface area contributed by atoms with E-state index in [2.05, 4.69) is 17.0 Å². The van der Waals surface area contributed by atoms with Gasteiger partial charge in [0, 0.05) is 0 Å². The van der Waals surface area contributed by atoms with E-state index in [0.29, 0.717) is 5.56 Å². The number of benzene rings is 1. The Balaban J connectivity index is 2.85. The van der Waals surface area contributed by atoms with Gasteiger partial charge in [0.1, 0.15) is 0 Å². The monoisotopic (exact) mass is 343 g/mol. The Morgan fingerprint density at radius 2 is 2.38 bits per heavy atom. The van der Waals surface area contributed by atoms with Crippen LogP contribution in [-0.2, 0) is 8.91 Å². The van der Waals surface area contributed by atoms with Crippen LogP contribution in [0.4, 0.5) is 0 Å². The van der Waals surface area contributed by atoms with Gasteiger partial charge in [0.05, 0.1) is 0 Å². The molecule has 0 aliphatic heterocycles. The molecule has 0 N–H and O–H groups in total. The molecule has 0 unspecified atom stereocenters. The normalized spacial score (nSPS) is 9.38. The molecule has 0 aliphatic carbocycles. The van der Waals surface area contributed by atoms with Crippen LogP contribution in [-0.4, -0.2) is 33.7 Å². The quantitative estimate of drug-likeness (QED) is 0.785. The first-order valence-corrected chi connectivity index (χ1v) is 13.6. The number of ether oxygens (including phenoxy) is 1. The second-order valence-corrected chi connectivity index (χ2v) is 8.94. The Kier molecular flexibility index (Phi) is 4.88. The van der Waals surface area contributed by atoms with Crippen LogP contribution in [0.5, 0.6) is 0 Å². The minimum absolute atomic E-state index is 0.260. The summed E-state index contributed by atoms with van der Waals surface area (Å²) in [5.41, 5.74) is 1.87. The molecule has 0 atom stereocenters. The molecule has 13 heavy (non-hydrogen) atoms. The van der Waals surface area contributed by atoms with Crippen LogP contribution in [0.25, 0.3) is 0 Å². The second kappa shape index (κ2) is 5.70. The van der Waals surface area contributed by atoms with Gasteiger partial charge in [-0.3, -0.25) is 0 Å². The van der Waals surface area contributed by atoms with E-state index in [0.717, 1.165) is 4.18 Å². The van der Waals surface area contributed by atoms with Crippen molar-refractivity contribution in [1.82, 2.24) is 0 Å². The van der Waals surface area contributed by atoms with Gasteiger partial charge in [-0.2, -0.15) is 0 Å². The Morgan fingerprint density at radius 3 is 3.00 bits per heavy atom. The van der Waals surface area contributed by atoms with Gasteiger partial charge in [-0.25, -0.2) is 0 Å². The van der Waals surface area contributed by atoms with Crippen LogP contribution in [0.15, 0.2) is 24.3 Å². The van der Waals surface area contributed by atoms with Crippen molar-refractivity contribution in [3.63, 3.8) is 0 Å². The summed E-state index contributed by atoms with van der Waals surface area (Å²) in [6, 6.07) is 7.61. The SMILES string of the molecule is COC(=O)c1cccc([CH2][In][Br])c1. The summed E-state index contributed by atoms with van der Waals surface area (Å²) in [5, 5.41) is 0. The summed E-state index contributed by atoms with van der Waals surface area (Å²) in [5.74, 6) is -0.260. The summed E-state index contributed by atoms with van der Waals surface area (Å²) in [6.45, 7) is 0. The first-order valence-electron chi connectivity index (χ1n) is 3.87. The predicted molar refractivity (Wildman–Crippen MR) is 56.2 cm³/mol. The standard InChI is InChI=1S/C9H9O2.BrH.In/c1-7-4-3-5-8(6-7)9(10)11-2;;/h3-6H,1H2,2H3;1H;/q;;+1/p-1. The molecular formula is C9H9BrInO2. The Hall–Kier alpha value is 0.0401. The number of carbonyl (C=O) groups excluding carboxylic acids is 1. The average molecular weight is 344 g/mol. The zero-order valence-corrected chi connectivity index (χ0v) is 12.2. The number of hydrogen-bond acceptors (Lipinski definition) is 2. The molecular weight excluding hydrogens is 335 g/mol. The molecule has 0 aliphatic rings. The number of esters is 1. The minimum atomic E-state index is -0.565. The predicted octanol–water partition coefficient (Wildman–Crippen LogP) is 1.99. The molecule has 1 aromatic carbocycles. The van der Waals surface area contributed by atoms with E-state index in [9.17, 15) is 4.79 Å². The number of carbonyl (C=O) groups is 1. The van der Waals surface area contributed by atoms with Gasteiger partial charge in [-0.1, -0.05) is 0 Å². The van der Waals surface area contributed by atoms with Crippen LogP contribution in [0.3, 0.4) is 0 Å². The number of methoxy groups -OCH3 is 1. The molecule has 0 fully saturated rings.